The van der Waals surface area contributed by atoms with Crippen molar-refractivity contribution in [2.24, 2.45) is 16.8 Å². The van der Waals surface area contributed by atoms with Gasteiger partial charge in [0.1, 0.15) is 0 Å². The average Bonchev–Trinajstić information content (AvgIpc) is 2.51. The van der Waals surface area contributed by atoms with E-state index >= 15 is 0 Å². The van der Waals surface area contributed by atoms with Crippen molar-refractivity contribution >= 4 is 29.0 Å². The molecule has 2 atom stereocenters. The largest absolute Gasteiger partial charge is 0.462 e. The predicted octanol–water partition coefficient (Wildman–Crippen LogP) is 0.927. The zero-order chi connectivity index (χ0) is 12.1. The van der Waals surface area contributed by atoms with E-state index in [1.54, 1.807) is 0 Å². The van der Waals surface area contributed by atoms with Crippen LogP contribution in [0.5, 0.6) is 0 Å². The third-order valence-corrected chi connectivity index (χ3v) is 2.57. The van der Waals surface area contributed by atoms with Gasteiger partial charge >= 0.3 is 5.97 Å². The third-order valence-electron chi connectivity index (χ3n) is 2.48. The van der Waals surface area contributed by atoms with Crippen molar-refractivity contribution in [3.63, 3.8) is 0 Å². The number of nitrogens with zero attached hydrogens (tertiary/aromatic N) is 1. The first-order valence-corrected chi connectivity index (χ1v) is 5.69. The number of ether oxygens (including phenoxy) is 1. The molecule has 1 saturated heterocycles. The number of esters is 1. The number of rotatable bonds is 4. The molecule has 1 rings (SSSR count). The van der Waals surface area contributed by atoms with Gasteiger partial charge in [-0.2, -0.15) is 5.10 Å². The van der Waals surface area contributed by atoms with Crippen LogP contribution in [-0.2, 0) is 9.53 Å². The van der Waals surface area contributed by atoms with Crippen LogP contribution in [0.15, 0.2) is 5.10 Å². The van der Waals surface area contributed by atoms with Crippen molar-refractivity contribution in [1.29, 1.82) is 0 Å². The standard InChI is InChI=1S/C10H17N3O2S/c1-6(12-13-10(11)16)3-4-8-5-7(2)15-9(8)14/h7-8H,3-5H2,1-2H3,(H3,11,13,16). The van der Waals surface area contributed by atoms with Gasteiger partial charge in [-0.05, 0) is 45.3 Å². The first-order chi connectivity index (χ1) is 7.49. The normalized spacial score (nSPS) is 25.4. The summed E-state index contributed by atoms with van der Waals surface area (Å²) >= 11 is 4.62. The van der Waals surface area contributed by atoms with E-state index < -0.39 is 0 Å². The minimum absolute atomic E-state index is 0.00461. The van der Waals surface area contributed by atoms with Crippen LogP contribution < -0.4 is 11.2 Å². The Hall–Kier alpha value is -1.17. The van der Waals surface area contributed by atoms with Crippen molar-refractivity contribution in [1.82, 2.24) is 5.43 Å². The molecule has 1 aliphatic rings. The van der Waals surface area contributed by atoms with Gasteiger partial charge in [-0.25, -0.2) is 0 Å². The molecule has 3 N–H and O–H groups in total. The van der Waals surface area contributed by atoms with Crippen LogP contribution >= 0.6 is 12.2 Å². The van der Waals surface area contributed by atoms with Gasteiger partial charge < -0.3 is 10.5 Å². The number of thiocarbonyl (C=S) groups is 1. The highest BCUT2D eigenvalue weighted by Crippen LogP contribution is 2.24. The molecule has 0 aromatic carbocycles. The molecule has 0 bridgehead atoms. The quantitative estimate of drug-likeness (QED) is 0.332. The molecule has 0 aliphatic carbocycles. The van der Waals surface area contributed by atoms with Crippen LogP contribution in [0.4, 0.5) is 0 Å². The Labute approximate surface area is 100 Å². The van der Waals surface area contributed by atoms with Gasteiger partial charge in [0.05, 0.1) is 12.0 Å². The molecule has 0 amide bonds. The maximum Gasteiger partial charge on any atom is 0.309 e. The van der Waals surface area contributed by atoms with E-state index in [9.17, 15) is 4.79 Å². The highest BCUT2D eigenvalue weighted by molar-refractivity contribution is 7.80. The van der Waals surface area contributed by atoms with Gasteiger partial charge in [0.25, 0.3) is 0 Å². The second-order valence-electron chi connectivity index (χ2n) is 4.04. The Kier molecular flexibility index (Phi) is 4.67. The fourth-order valence-corrected chi connectivity index (χ4v) is 1.71. The summed E-state index contributed by atoms with van der Waals surface area (Å²) in [6.45, 7) is 3.78. The van der Waals surface area contributed by atoms with Gasteiger partial charge in [-0.15, -0.1) is 0 Å². The number of hydrazone groups is 1. The molecule has 0 spiro atoms. The number of hydrogen-bond acceptors (Lipinski definition) is 4. The Morgan fingerprint density at radius 2 is 2.44 bits per heavy atom. The molecule has 1 aliphatic heterocycles. The minimum atomic E-state index is -0.0948. The number of nitrogens with two attached hydrogens (primary N) is 1. The highest BCUT2D eigenvalue weighted by atomic mass is 32.1. The fraction of sp³-hybridized carbons (Fsp3) is 0.700. The first kappa shape index (κ1) is 12.9. The summed E-state index contributed by atoms with van der Waals surface area (Å²) in [7, 11) is 0. The van der Waals surface area contributed by atoms with E-state index in [4.69, 9.17) is 10.5 Å². The molecule has 6 heteroatoms. The molecule has 0 aromatic heterocycles. The molecule has 1 fully saturated rings. The van der Waals surface area contributed by atoms with Crippen LogP contribution in [-0.4, -0.2) is 22.9 Å². The maximum atomic E-state index is 11.3. The summed E-state index contributed by atoms with van der Waals surface area (Å²) in [5.74, 6) is -0.0902. The van der Waals surface area contributed by atoms with Gasteiger partial charge in [-0.3, -0.25) is 10.2 Å². The molecular formula is C10H17N3O2S. The lowest BCUT2D eigenvalue weighted by molar-refractivity contribution is -0.143. The molecular weight excluding hydrogens is 226 g/mol. The maximum absolute atomic E-state index is 11.3. The summed E-state index contributed by atoms with van der Waals surface area (Å²) in [6, 6.07) is 0. The highest BCUT2D eigenvalue weighted by Gasteiger charge is 2.31. The number of nitrogens with one attached hydrogen (secondary N) is 1. The Morgan fingerprint density at radius 3 is 2.94 bits per heavy atom. The first-order valence-electron chi connectivity index (χ1n) is 5.28. The lowest BCUT2D eigenvalue weighted by atomic mass is 9.98. The van der Waals surface area contributed by atoms with Crippen molar-refractivity contribution in [2.75, 3.05) is 0 Å². The molecule has 0 aromatic rings. The average molecular weight is 243 g/mol. The molecule has 90 valence electrons. The summed E-state index contributed by atoms with van der Waals surface area (Å²) < 4.78 is 5.07. The molecule has 0 radical (unpaired) electrons. The Balaban J connectivity index is 2.31. The molecule has 16 heavy (non-hydrogen) atoms. The summed E-state index contributed by atoms with van der Waals surface area (Å²) in [4.78, 5) is 11.3. The Bertz CT molecular complexity index is 317. The molecule has 1 heterocycles. The van der Waals surface area contributed by atoms with Crippen molar-refractivity contribution in [2.45, 2.75) is 39.2 Å². The molecule has 5 nitrogen and oxygen atoms in total. The van der Waals surface area contributed by atoms with E-state index in [-0.39, 0.29) is 23.1 Å². The van der Waals surface area contributed by atoms with E-state index in [2.05, 4.69) is 22.7 Å². The lowest BCUT2D eigenvalue weighted by Crippen LogP contribution is -2.25. The number of carbonyl (C=O) groups is 1. The summed E-state index contributed by atoms with van der Waals surface area (Å²) in [6.07, 6.45) is 2.35. The SMILES string of the molecule is CC(CCC1CC(C)OC1=O)=NNC(N)=S. The van der Waals surface area contributed by atoms with Crippen LogP contribution in [0.3, 0.4) is 0 Å². The minimum Gasteiger partial charge on any atom is -0.462 e. The Morgan fingerprint density at radius 1 is 1.75 bits per heavy atom. The van der Waals surface area contributed by atoms with Crippen molar-refractivity contribution in [3.05, 3.63) is 0 Å². The van der Waals surface area contributed by atoms with Crippen molar-refractivity contribution in [3.8, 4) is 0 Å². The number of carbonyl (C=O) groups excluding carboxylic acids is 1. The van der Waals surface area contributed by atoms with E-state index in [0.29, 0.717) is 0 Å². The predicted molar refractivity (Wildman–Crippen MR) is 65.9 cm³/mol. The zero-order valence-electron chi connectivity index (χ0n) is 9.53. The van der Waals surface area contributed by atoms with Crippen LogP contribution in [0, 0.1) is 5.92 Å². The second kappa shape index (κ2) is 5.79. The zero-order valence-corrected chi connectivity index (χ0v) is 10.3. The second-order valence-corrected chi connectivity index (χ2v) is 4.48. The van der Waals surface area contributed by atoms with E-state index in [0.717, 1.165) is 25.0 Å². The topological polar surface area (TPSA) is 76.7 Å². The van der Waals surface area contributed by atoms with E-state index in [1.165, 1.54) is 0 Å². The number of hydrogen-bond donors (Lipinski definition) is 2. The monoisotopic (exact) mass is 243 g/mol. The summed E-state index contributed by atoms with van der Waals surface area (Å²) in [5, 5.41) is 4.12. The van der Waals surface area contributed by atoms with Crippen LogP contribution in [0.2, 0.25) is 0 Å². The number of cyclic esters (lactones) is 1. The van der Waals surface area contributed by atoms with Gasteiger partial charge in [-0.1, -0.05) is 0 Å². The van der Waals surface area contributed by atoms with Crippen molar-refractivity contribution < 1.29 is 9.53 Å². The third kappa shape index (κ3) is 4.14. The molecule has 2 unspecified atom stereocenters. The van der Waals surface area contributed by atoms with Gasteiger partial charge in [0.15, 0.2) is 5.11 Å². The smallest absolute Gasteiger partial charge is 0.309 e. The summed E-state index contributed by atoms with van der Waals surface area (Å²) in [5.41, 5.74) is 8.64. The molecule has 0 saturated carbocycles. The van der Waals surface area contributed by atoms with Gasteiger partial charge in [0, 0.05) is 5.71 Å². The van der Waals surface area contributed by atoms with Gasteiger partial charge in [0.2, 0.25) is 0 Å². The van der Waals surface area contributed by atoms with Crippen LogP contribution in [0.1, 0.15) is 33.1 Å². The van der Waals surface area contributed by atoms with E-state index in [1.807, 2.05) is 13.8 Å². The lowest BCUT2D eigenvalue weighted by Gasteiger charge is -2.05. The fourth-order valence-electron chi connectivity index (χ4n) is 1.66. The van der Waals surface area contributed by atoms with Crippen LogP contribution in [0.25, 0.3) is 0 Å².